The van der Waals surface area contributed by atoms with Crippen LogP contribution in [0.1, 0.15) is 33.5 Å². The van der Waals surface area contributed by atoms with Crippen molar-refractivity contribution in [2.45, 2.75) is 25.1 Å². The van der Waals surface area contributed by atoms with E-state index in [0.29, 0.717) is 16.8 Å². The Balaban J connectivity index is 1.65. The van der Waals surface area contributed by atoms with Gasteiger partial charge in [0.05, 0.1) is 5.71 Å². The van der Waals surface area contributed by atoms with Gasteiger partial charge in [-0.25, -0.2) is 4.39 Å². The summed E-state index contributed by atoms with van der Waals surface area (Å²) in [5.74, 6) is -0.994. The molecule has 0 radical (unpaired) electrons. The van der Waals surface area contributed by atoms with Gasteiger partial charge in [-0.2, -0.15) is 13.2 Å². The van der Waals surface area contributed by atoms with Gasteiger partial charge in [0.1, 0.15) is 12.5 Å². The number of aryl methyl sites for hydroxylation is 1. The number of hydrogen-bond donors (Lipinski definition) is 0. The van der Waals surface area contributed by atoms with Gasteiger partial charge in [0.15, 0.2) is 0 Å². The number of halogens is 6. The maximum atomic E-state index is 14.3. The number of carbonyl (C=O) groups is 1. The van der Waals surface area contributed by atoms with E-state index in [4.69, 9.17) is 32.8 Å². The maximum Gasteiger partial charge on any atom is 0.435 e. The van der Waals surface area contributed by atoms with Crippen LogP contribution in [0.15, 0.2) is 65.8 Å². The van der Waals surface area contributed by atoms with Crippen LogP contribution in [0.3, 0.4) is 0 Å². The van der Waals surface area contributed by atoms with Crippen molar-refractivity contribution in [1.29, 1.82) is 0 Å². The van der Waals surface area contributed by atoms with Crippen molar-refractivity contribution in [3.63, 3.8) is 0 Å². The molecule has 3 aromatic rings. The first-order valence-corrected chi connectivity index (χ1v) is 11.7. The number of amides is 1. The Kier molecular flexibility index (Phi) is 7.50. The van der Waals surface area contributed by atoms with Crippen LogP contribution in [0.5, 0.6) is 0 Å². The Morgan fingerprint density at radius 1 is 1.11 bits per heavy atom. The van der Waals surface area contributed by atoms with Gasteiger partial charge in [-0.1, -0.05) is 40.5 Å². The largest absolute Gasteiger partial charge is 0.435 e. The Morgan fingerprint density at radius 2 is 1.81 bits per heavy atom. The van der Waals surface area contributed by atoms with Crippen LogP contribution >= 0.6 is 23.2 Å². The van der Waals surface area contributed by atoms with Gasteiger partial charge in [-0.05, 0) is 66.6 Å². The molecule has 0 aromatic heterocycles. The predicted molar refractivity (Wildman–Crippen MR) is 133 cm³/mol. The number of benzene rings is 3. The summed E-state index contributed by atoms with van der Waals surface area (Å²) in [5, 5.41) is 3.81. The third-order valence-corrected chi connectivity index (χ3v) is 6.36. The second-order valence-corrected chi connectivity index (χ2v) is 9.32. The van der Waals surface area contributed by atoms with E-state index in [-0.39, 0.29) is 33.6 Å². The molecule has 1 aliphatic rings. The topological polar surface area (TPSA) is 51.1 Å². The quantitative estimate of drug-likeness (QED) is 0.238. The summed E-state index contributed by atoms with van der Waals surface area (Å²) in [7, 11) is 1.40. The highest BCUT2D eigenvalue weighted by Crippen LogP contribution is 2.49. The highest BCUT2D eigenvalue weighted by Gasteiger charge is 2.62. The molecular formula is C26H20Cl2F4N2O3. The first-order chi connectivity index (χ1) is 17.4. The number of nitrogens with zero attached hydrogens (tertiary/aromatic N) is 2. The molecule has 0 spiro atoms. The molecule has 11 heteroatoms. The van der Waals surface area contributed by atoms with Gasteiger partial charge in [-0.3, -0.25) is 9.69 Å². The van der Waals surface area contributed by atoms with Crippen LogP contribution in [0.25, 0.3) is 0 Å². The van der Waals surface area contributed by atoms with Crippen LogP contribution in [0, 0.1) is 12.7 Å². The summed E-state index contributed by atoms with van der Waals surface area (Å²) in [6, 6.07) is 13.6. The van der Waals surface area contributed by atoms with Gasteiger partial charge < -0.3 is 9.57 Å². The molecule has 37 heavy (non-hydrogen) atoms. The average Bonchev–Trinajstić information content (AvgIpc) is 3.29. The second kappa shape index (κ2) is 10.3. The molecule has 0 fully saturated rings. The SMILES string of the molecule is COCN(C(=O)c1ccc(C2=NOC(c3cc(Cl)cc(Cl)c3)(C(F)(F)F)C2)cc1C)c1cccc(F)c1. The van der Waals surface area contributed by atoms with Gasteiger partial charge in [0.25, 0.3) is 11.5 Å². The van der Waals surface area contributed by atoms with Crippen LogP contribution in [0.4, 0.5) is 23.2 Å². The van der Waals surface area contributed by atoms with Crippen molar-refractivity contribution < 1.29 is 31.9 Å². The summed E-state index contributed by atoms with van der Waals surface area (Å²) in [5.41, 5.74) is -1.64. The average molecular weight is 555 g/mol. The fraction of sp³-hybridized carbons (Fsp3) is 0.231. The fourth-order valence-corrected chi connectivity index (χ4v) is 4.62. The highest BCUT2D eigenvalue weighted by molar-refractivity contribution is 6.34. The molecule has 0 aliphatic carbocycles. The number of methoxy groups -OCH3 is 1. The Labute approximate surface area is 220 Å². The predicted octanol–water partition coefficient (Wildman–Crippen LogP) is 7.27. The lowest BCUT2D eigenvalue weighted by atomic mass is 9.86. The normalized spacial score (nSPS) is 17.4. The first kappa shape index (κ1) is 26.9. The molecule has 0 N–H and O–H groups in total. The van der Waals surface area contributed by atoms with E-state index >= 15 is 0 Å². The lowest BCUT2D eigenvalue weighted by Crippen LogP contribution is -2.42. The zero-order valence-electron chi connectivity index (χ0n) is 19.6. The zero-order chi connectivity index (χ0) is 27.0. The van der Waals surface area contributed by atoms with E-state index in [9.17, 15) is 22.4 Å². The smallest absolute Gasteiger partial charge is 0.374 e. The van der Waals surface area contributed by atoms with E-state index in [1.807, 2.05) is 0 Å². The third-order valence-electron chi connectivity index (χ3n) is 5.93. The molecule has 0 saturated heterocycles. The number of ether oxygens (including phenoxy) is 1. The summed E-state index contributed by atoms with van der Waals surface area (Å²) in [4.78, 5) is 19.6. The van der Waals surface area contributed by atoms with Gasteiger partial charge in [0.2, 0.25) is 0 Å². The lowest BCUT2D eigenvalue weighted by Gasteiger charge is -2.29. The minimum atomic E-state index is -4.83. The molecule has 0 saturated carbocycles. The lowest BCUT2D eigenvalue weighted by molar-refractivity contribution is -0.275. The minimum Gasteiger partial charge on any atom is -0.374 e. The molecule has 0 bridgehead atoms. The van der Waals surface area contributed by atoms with Crippen molar-refractivity contribution >= 4 is 40.5 Å². The van der Waals surface area contributed by atoms with Crippen LogP contribution in [-0.4, -0.2) is 31.6 Å². The molecule has 1 unspecified atom stereocenters. The standard InChI is InChI=1S/C26H20Cl2F4N2O3/c1-15-8-16(6-7-22(15)24(35)34(14-36-2)21-5-3-4-20(29)12-21)23-13-25(37-33-23,26(30,31)32)17-9-18(27)11-19(28)10-17/h3-12H,13-14H2,1-2H3. The fourth-order valence-electron chi connectivity index (χ4n) is 4.10. The number of carbonyl (C=O) groups excluding carboxylic acids is 1. The van der Waals surface area contributed by atoms with Gasteiger partial charge in [-0.15, -0.1) is 0 Å². The van der Waals surface area contributed by atoms with Crippen LogP contribution in [-0.2, 0) is 15.2 Å². The summed E-state index contributed by atoms with van der Waals surface area (Å²) in [6.07, 6.45) is -5.46. The Morgan fingerprint density at radius 3 is 2.41 bits per heavy atom. The van der Waals surface area contributed by atoms with E-state index in [1.165, 1.54) is 48.4 Å². The molecule has 1 aliphatic heterocycles. The molecular weight excluding hydrogens is 535 g/mol. The molecule has 1 atom stereocenters. The molecule has 5 nitrogen and oxygen atoms in total. The van der Waals surface area contributed by atoms with Crippen molar-refractivity contribution in [1.82, 2.24) is 0 Å². The number of alkyl halides is 3. The van der Waals surface area contributed by atoms with Crippen LogP contribution in [0.2, 0.25) is 10.0 Å². The molecule has 4 rings (SSSR count). The number of rotatable bonds is 6. The number of oxime groups is 1. The highest BCUT2D eigenvalue weighted by atomic mass is 35.5. The van der Waals surface area contributed by atoms with E-state index in [1.54, 1.807) is 19.1 Å². The minimum absolute atomic E-state index is 0.0285. The summed E-state index contributed by atoms with van der Waals surface area (Å²) < 4.78 is 61.7. The summed E-state index contributed by atoms with van der Waals surface area (Å²) in [6.45, 7) is 1.50. The second-order valence-electron chi connectivity index (χ2n) is 8.45. The van der Waals surface area contributed by atoms with Crippen molar-refractivity contribution in [2.75, 3.05) is 18.7 Å². The van der Waals surface area contributed by atoms with Crippen molar-refractivity contribution in [3.05, 3.63) is 98.8 Å². The van der Waals surface area contributed by atoms with E-state index < -0.39 is 29.9 Å². The van der Waals surface area contributed by atoms with Crippen LogP contribution < -0.4 is 4.90 Å². The molecule has 1 heterocycles. The van der Waals surface area contributed by atoms with Crippen molar-refractivity contribution in [3.8, 4) is 0 Å². The van der Waals surface area contributed by atoms with Crippen molar-refractivity contribution in [2.24, 2.45) is 5.16 Å². The zero-order valence-corrected chi connectivity index (χ0v) is 21.1. The van der Waals surface area contributed by atoms with Gasteiger partial charge in [0, 0.05) is 40.4 Å². The molecule has 3 aromatic carbocycles. The summed E-state index contributed by atoms with van der Waals surface area (Å²) >= 11 is 11.9. The Bertz CT molecular complexity index is 1360. The monoisotopic (exact) mass is 554 g/mol. The molecule has 194 valence electrons. The van der Waals surface area contributed by atoms with E-state index in [0.717, 1.165) is 12.1 Å². The first-order valence-electron chi connectivity index (χ1n) is 10.9. The third kappa shape index (κ3) is 5.30. The Hall–Kier alpha value is -3.14. The van der Waals surface area contributed by atoms with Gasteiger partial charge >= 0.3 is 6.18 Å². The number of anilines is 1. The maximum absolute atomic E-state index is 14.3. The van der Waals surface area contributed by atoms with E-state index in [2.05, 4.69) is 5.16 Å². The molecule has 1 amide bonds. The number of hydrogen-bond acceptors (Lipinski definition) is 4.